The van der Waals surface area contributed by atoms with Gasteiger partial charge in [-0.15, -0.1) is 0 Å². The molecule has 0 aliphatic heterocycles. The van der Waals surface area contributed by atoms with Gasteiger partial charge in [0.2, 0.25) is 0 Å². The molecule has 0 spiro atoms. The number of nitrogens with two attached hydrogens (primary N) is 1. The zero-order valence-corrected chi connectivity index (χ0v) is 6.11. The van der Waals surface area contributed by atoms with Crippen molar-refractivity contribution in [2.75, 3.05) is 7.11 Å². The summed E-state index contributed by atoms with van der Waals surface area (Å²) in [6.07, 6.45) is -4.52. The highest BCUT2D eigenvalue weighted by Gasteiger charge is 2.62. The third-order valence-electron chi connectivity index (χ3n) is 2.09. The van der Waals surface area contributed by atoms with Crippen LogP contribution in [0.4, 0.5) is 13.2 Å². The predicted molar refractivity (Wildman–Crippen MR) is 33.0 cm³/mol. The van der Waals surface area contributed by atoms with Gasteiger partial charge in [0.25, 0.3) is 0 Å². The van der Waals surface area contributed by atoms with Crippen LogP contribution >= 0.6 is 0 Å². The van der Waals surface area contributed by atoms with E-state index in [-0.39, 0.29) is 18.9 Å². The number of methoxy groups -OCH3 is 1. The molecule has 2 N–H and O–H groups in total. The maximum Gasteiger partial charge on any atom is 0.417 e. The standard InChI is InChI=1S/C6H10F3NO/c1-11-5(6(7,8)9)2-4(10)3-5/h4H,2-3,10H2,1H3. The van der Waals surface area contributed by atoms with E-state index in [9.17, 15) is 13.2 Å². The highest BCUT2D eigenvalue weighted by molar-refractivity contribution is 5.03. The van der Waals surface area contributed by atoms with E-state index < -0.39 is 11.8 Å². The molecule has 2 nitrogen and oxygen atoms in total. The molecule has 1 fully saturated rings. The van der Waals surface area contributed by atoms with Crippen LogP contribution in [0, 0.1) is 0 Å². The molecule has 1 aliphatic carbocycles. The molecular weight excluding hydrogens is 159 g/mol. The molecule has 0 bridgehead atoms. The zero-order valence-electron chi connectivity index (χ0n) is 6.11. The Labute approximate surface area is 62.5 Å². The maximum atomic E-state index is 12.1. The fourth-order valence-electron chi connectivity index (χ4n) is 1.30. The number of hydrogen-bond donors (Lipinski definition) is 1. The van der Waals surface area contributed by atoms with Crippen molar-refractivity contribution in [1.82, 2.24) is 0 Å². The molecule has 5 heteroatoms. The fourth-order valence-corrected chi connectivity index (χ4v) is 1.30. The summed E-state index contributed by atoms with van der Waals surface area (Å²) in [5.41, 5.74) is 3.29. The maximum absolute atomic E-state index is 12.1. The molecule has 66 valence electrons. The number of rotatable bonds is 1. The number of halogens is 3. The Bertz CT molecular complexity index is 150. The minimum Gasteiger partial charge on any atom is -0.369 e. The minimum atomic E-state index is -4.28. The largest absolute Gasteiger partial charge is 0.417 e. The summed E-state index contributed by atoms with van der Waals surface area (Å²) in [4.78, 5) is 0. The van der Waals surface area contributed by atoms with E-state index in [1.807, 2.05) is 0 Å². The van der Waals surface area contributed by atoms with Crippen molar-refractivity contribution in [3.8, 4) is 0 Å². The average Bonchev–Trinajstić information content (AvgIpc) is 1.77. The summed E-state index contributed by atoms with van der Waals surface area (Å²) in [5, 5.41) is 0. The van der Waals surface area contributed by atoms with E-state index in [1.54, 1.807) is 0 Å². The molecule has 0 atom stereocenters. The van der Waals surface area contributed by atoms with Crippen LogP contribution in [0.1, 0.15) is 12.8 Å². The molecule has 1 aliphatic rings. The summed E-state index contributed by atoms with van der Waals surface area (Å²) in [6, 6.07) is -0.364. The zero-order chi connectivity index (χ0) is 8.70. The second kappa shape index (κ2) is 2.35. The summed E-state index contributed by atoms with van der Waals surface area (Å²) in [6.45, 7) is 0. The van der Waals surface area contributed by atoms with E-state index in [1.165, 1.54) is 0 Å². The normalized spacial score (nSPS) is 38.5. The third-order valence-corrected chi connectivity index (χ3v) is 2.09. The van der Waals surface area contributed by atoms with E-state index in [4.69, 9.17) is 5.73 Å². The van der Waals surface area contributed by atoms with Gasteiger partial charge in [0.15, 0.2) is 5.60 Å². The van der Waals surface area contributed by atoms with Gasteiger partial charge in [-0.3, -0.25) is 0 Å². The van der Waals surface area contributed by atoms with Gasteiger partial charge in [0.1, 0.15) is 0 Å². The molecule has 0 radical (unpaired) electrons. The van der Waals surface area contributed by atoms with Crippen LogP contribution in [0.25, 0.3) is 0 Å². The van der Waals surface area contributed by atoms with E-state index >= 15 is 0 Å². The second-order valence-electron chi connectivity index (χ2n) is 2.86. The molecule has 1 saturated carbocycles. The quantitative estimate of drug-likeness (QED) is 0.636. The van der Waals surface area contributed by atoms with Crippen LogP contribution in [0.2, 0.25) is 0 Å². The molecule has 0 heterocycles. The van der Waals surface area contributed by atoms with Crippen molar-refractivity contribution in [3.05, 3.63) is 0 Å². The molecule has 0 amide bonds. The Balaban J connectivity index is 2.65. The van der Waals surface area contributed by atoms with Gasteiger partial charge in [0.05, 0.1) is 0 Å². The highest BCUT2D eigenvalue weighted by atomic mass is 19.4. The average molecular weight is 169 g/mol. The lowest BCUT2D eigenvalue weighted by Crippen LogP contribution is -2.61. The van der Waals surface area contributed by atoms with Gasteiger partial charge in [-0.1, -0.05) is 0 Å². The molecule has 0 aromatic carbocycles. The van der Waals surface area contributed by atoms with Crippen molar-refractivity contribution in [2.24, 2.45) is 5.73 Å². The molecule has 0 aromatic rings. The van der Waals surface area contributed by atoms with Gasteiger partial charge in [-0.25, -0.2) is 0 Å². The molecule has 0 aromatic heterocycles. The predicted octanol–water partition coefficient (Wildman–Crippen LogP) is 1.06. The molecule has 0 unspecified atom stereocenters. The molecule has 11 heavy (non-hydrogen) atoms. The third kappa shape index (κ3) is 1.22. The first kappa shape index (κ1) is 8.80. The topological polar surface area (TPSA) is 35.2 Å². The Morgan fingerprint density at radius 1 is 1.45 bits per heavy atom. The first-order chi connectivity index (χ1) is 4.91. The lowest BCUT2D eigenvalue weighted by molar-refractivity contribution is -0.299. The number of hydrogen-bond acceptors (Lipinski definition) is 2. The van der Waals surface area contributed by atoms with Crippen LogP contribution in [0.3, 0.4) is 0 Å². The number of alkyl halides is 3. The molecule has 1 rings (SSSR count). The van der Waals surface area contributed by atoms with E-state index in [0.29, 0.717) is 0 Å². The Morgan fingerprint density at radius 2 is 1.91 bits per heavy atom. The Kier molecular flexibility index (Phi) is 1.88. The monoisotopic (exact) mass is 169 g/mol. The van der Waals surface area contributed by atoms with Gasteiger partial charge in [-0.2, -0.15) is 13.2 Å². The van der Waals surface area contributed by atoms with Crippen LogP contribution in [-0.4, -0.2) is 24.9 Å². The van der Waals surface area contributed by atoms with Gasteiger partial charge in [-0.05, 0) is 0 Å². The highest BCUT2D eigenvalue weighted by Crippen LogP contribution is 2.46. The Hall–Kier alpha value is -0.290. The first-order valence-corrected chi connectivity index (χ1v) is 3.29. The van der Waals surface area contributed by atoms with Crippen molar-refractivity contribution in [1.29, 1.82) is 0 Å². The lowest BCUT2D eigenvalue weighted by atomic mass is 9.75. The van der Waals surface area contributed by atoms with Gasteiger partial charge < -0.3 is 10.5 Å². The van der Waals surface area contributed by atoms with Gasteiger partial charge >= 0.3 is 6.18 Å². The van der Waals surface area contributed by atoms with Crippen molar-refractivity contribution >= 4 is 0 Å². The van der Waals surface area contributed by atoms with Crippen molar-refractivity contribution in [3.63, 3.8) is 0 Å². The van der Waals surface area contributed by atoms with E-state index in [2.05, 4.69) is 4.74 Å². The smallest absolute Gasteiger partial charge is 0.369 e. The van der Waals surface area contributed by atoms with Crippen LogP contribution in [0.15, 0.2) is 0 Å². The van der Waals surface area contributed by atoms with Crippen LogP contribution in [-0.2, 0) is 4.74 Å². The summed E-state index contributed by atoms with van der Waals surface area (Å²) in [5.74, 6) is 0. The Morgan fingerprint density at radius 3 is 2.00 bits per heavy atom. The summed E-state index contributed by atoms with van der Waals surface area (Å²) >= 11 is 0. The minimum absolute atomic E-state index is 0.118. The van der Waals surface area contributed by atoms with Crippen molar-refractivity contribution in [2.45, 2.75) is 30.7 Å². The summed E-state index contributed by atoms with van der Waals surface area (Å²) in [7, 11) is 1.07. The first-order valence-electron chi connectivity index (χ1n) is 3.29. The van der Waals surface area contributed by atoms with Gasteiger partial charge in [0, 0.05) is 26.0 Å². The van der Waals surface area contributed by atoms with Crippen molar-refractivity contribution < 1.29 is 17.9 Å². The summed E-state index contributed by atoms with van der Waals surface area (Å²) < 4.78 is 40.9. The number of ether oxygens (including phenoxy) is 1. The lowest BCUT2D eigenvalue weighted by Gasteiger charge is -2.45. The van der Waals surface area contributed by atoms with E-state index in [0.717, 1.165) is 7.11 Å². The molecule has 0 saturated heterocycles. The second-order valence-corrected chi connectivity index (χ2v) is 2.86. The molecular formula is C6H10F3NO. The SMILES string of the molecule is COC1(C(F)(F)F)CC(N)C1. The van der Waals surface area contributed by atoms with Crippen LogP contribution in [0.5, 0.6) is 0 Å². The van der Waals surface area contributed by atoms with Crippen LogP contribution < -0.4 is 5.73 Å². The fraction of sp³-hybridized carbons (Fsp3) is 1.00.